The molecule has 1 N–H and O–H groups in total. The molecule has 0 spiro atoms. The molecule has 2 rings (SSSR count). The van der Waals surface area contributed by atoms with Crippen LogP contribution in [0.2, 0.25) is 0 Å². The summed E-state index contributed by atoms with van der Waals surface area (Å²) >= 11 is 3.31. The van der Waals surface area contributed by atoms with Gasteiger partial charge in [-0.3, -0.25) is 9.48 Å². The predicted octanol–water partition coefficient (Wildman–Crippen LogP) is 1.33. The molecule has 1 fully saturated rings. The van der Waals surface area contributed by atoms with Gasteiger partial charge in [0.1, 0.15) is 0 Å². The summed E-state index contributed by atoms with van der Waals surface area (Å²) in [5.74, 6) is 0.0483. The topological polar surface area (TPSA) is 56.2 Å². The van der Waals surface area contributed by atoms with Gasteiger partial charge in [-0.15, -0.1) is 0 Å². The van der Waals surface area contributed by atoms with Crippen molar-refractivity contribution in [3.8, 4) is 0 Å². The molecule has 0 aromatic carbocycles. The summed E-state index contributed by atoms with van der Waals surface area (Å²) in [5.41, 5.74) is 0. The molecule has 94 valence electrons. The first kappa shape index (κ1) is 12.6. The monoisotopic (exact) mass is 301 g/mol. The van der Waals surface area contributed by atoms with Gasteiger partial charge in [-0.25, -0.2) is 0 Å². The van der Waals surface area contributed by atoms with Crippen LogP contribution in [0.5, 0.6) is 0 Å². The second-order valence-electron chi connectivity index (χ2n) is 4.11. The van der Waals surface area contributed by atoms with Crippen molar-refractivity contribution < 1.29 is 9.53 Å². The van der Waals surface area contributed by atoms with Crippen LogP contribution in [0.1, 0.15) is 19.3 Å². The first-order chi connectivity index (χ1) is 8.24. The summed E-state index contributed by atoms with van der Waals surface area (Å²) in [6, 6.07) is 0. The number of nitrogens with zero attached hydrogens (tertiary/aromatic N) is 2. The van der Waals surface area contributed by atoms with E-state index in [-0.39, 0.29) is 12.0 Å². The lowest BCUT2D eigenvalue weighted by molar-refractivity contribution is -0.121. The van der Waals surface area contributed by atoms with E-state index in [1.54, 1.807) is 10.9 Å². The highest BCUT2D eigenvalue weighted by atomic mass is 79.9. The molecule has 0 aliphatic carbocycles. The molecule has 1 saturated heterocycles. The van der Waals surface area contributed by atoms with Crippen LogP contribution >= 0.6 is 15.9 Å². The molecule has 1 aliphatic rings. The molecule has 1 aromatic rings. The second-order valence-corrected chi connectivity index (χ2v) is 5.03. The van der Waals surface area contributed by atoms with Crippen LogP contribution in [0.3, 0.4) is 0 Å². The van der Waals surface area contributed by atoms with Crippen LogP contribution in [0.4, 0.5) is 0 Å². The largest absolute Gasteiger partial charge is 0.376 e. The van der Waals surface area contributed by atoms with Crippen LogP contribution in [0.25, 0.3) is 0 Å². The zero-order chi connectivity index (χ0) is 12.1. The lowest BCUT2D eigenvalue weighted by Gasteiger charge is -2.10. The molecule has 1 aliphatic heterocycles. The van der Waals surface area contributed by atoms with Crippen molar-refractivity contribution in [1.29, 1.82) is 0 Å². The van der Waals surface area contributed by atoms with Gasteiger partial charge in [-0.1, -0.05) is 0 Å². The van der Waals surface area contributed by atoms with E-state index in [2.05, 4.69) is 26.3 Å². The SMILES string of the molecule is O=C(CCn1cc(Br)cn1)NCC1CCCO1. The van der Waals surface area contributed by atoms with E-state index in [0.29, 0.717) is 19.5 Å². The Bertz CT molecular complexity index is 375. The van der Waals surface area contributed by atoms with Crippen LogP contribution in [0.15, 0.2) is 16.9 Å². The fraction of sp³-hybridized carbons (Fsp3) is 0.636. The second kappa shape index (κ2) is 6.16. The highest BCUT2D eigenvalue weighted by Crippen LogP contribution is 2.10. The molecular formula is C11H16BrN3O2. The van der Waals surface area contributed by atoms with E-state index in [1.807, 2.05) is 6.20 Å². The normalized spacial score (nSPS) is 19.5. The van der Waals surface area contributed by atoms with Gasteiger partial charge in [-0.2, -0.15) is 5.10 Å². The zero-order valence-electron chi connectivity index (χ0n) is 9.56. The zero-order valence-corrected chi connectivity index (χ0v) is 11.1. The highest BCUT2D eigenvalue weighted by molar-refractivity contribution is 9.10. The number of halogens is 1. The number of ether oxygens (including phenoxy) is 1. The molecule has 0 saturated carbocycles. The minimum Gasteiger partial charge on any atom is -0.376 e. The third-order valence-electron chi connectivity index (χ3n) is 2.72. The Balaban J connectivity index is 1.63. The van der Waals surface area contributed by atoms with Crippen LogP contribution in [-0.4, -0.2) is 34.9 Å². The van der Waals surface area contributed by atoms with Gasteiger partial charge >= 0.3 is 0 Å². The number of amides is 1. The first-order valence-electron chi connectivity index (χ1n) is 5.80. The lowest BCUT2D eigenvalue weighted by atomic mass is 10.2. The molecule has 0 bridgehead atoms. The number of aromatic nitrogens is 2. The Kier molecular flexibility index (Phi) is 4.56. The molecule has 5 nitrogen and oxygen atoms in total. The molecule has 0 radical (unpaired) electrons. The third-order valence-corrected chi connectivity index (χ3v) is 3.13. The van der Waals surface area contributed by atoms with Crippen molar-refractivity contribution in [2.75, 3.05) is 13.2 Å². The Morgan fingerprint density at radius 3 is 3.24 bits per heavy atom. The van der Waals surface area contributed by atoms with Crippen LogP contribution < -0.4 is 5.32 Å². The fourth-order valence-electron chi connectivity index (χ4n) is 1.80. The number of nitrogens with one attached hydrogen (secondary N) is 1. The quantitative estimate of drug-likeness (QED) is 0.893. The summed E-state index contributed by atoms with van der Waals surface area (Å²) in [6.07, 6.45) is 6.37. The summed E-state index contributed by atoms with van der Waals surface area (Å²) < 4.78 is 8.10. The average molecular weight is 302 g/mol. The van der Waals surface area contributed by atoms with Gasteiger partial charge < -0.3 is 10.1 Å². The van der Waals surface area contributed by atoms with E-state index in [1.165, 1.54) is 0 Å². The van der Waals surface area contributed by atoms with Crippen molar-refractivity contribution in [2.45, 2.75) is 31.9 Å². The third kappa shape index (κ3) is 4.12. The summed E-state index contributed by atoms with van der Waals surface area (Å²) in [5, 5.41) is 6.98. The Hall–Kier alpha value is -0.880. The van der Waals surface area contributed by atoms with E-state index >= 15 is 0 Å². The van der Waals surface area contributed by atoms with E-state index in [9.17, 15) is 4.79 Å². The molecule has 1 aromatic heterocycles. The smallest absolute Gasteiger partial charge is 0.221 e. The fourth-order valence-corrected chi connectivity index (χ4v) is 2.13. The molecule has 1 unspecified atom stereocenters. The minimum absolute atomic E-state index is 0.0483. The van der Waals surface area contributed by atoms with Crippen molar-refractivity contribution in [3.05, 3.63) is 16.9 Å². The van der Waals surface area contributed by atoms with Gasteiger partial charge in [0.05, 0.1) is 16.8 Å². The van der Waals surface area contributed by atoms with Crippen molar-refractivity contribution in [3.63, 3.8) is 0 Å². The number of aryl methyl sites for hydroxylation is 1. The number of carbonyl (C=O) groups excluding carboxylic acids is 1. The molecule has 1 atom stereocenters. The van der Waals surface area contributed by atoms with Crippen molar-refractivity contribution in [2.24, 2.45) is 0 Å². The predicted molar refractivity (Wildman–Crippen MR) is 66.5 cm³/mol. The molecule has 17 heavy (non-hydrogen) atoms. The molecule has 1 amide bonds. The Morgan fingerprint density at radius 2 is 2.59 bits per heavy atom. The van der Waals surface area contributed by atoms with Gasteiger partial charge in [0, 0.05) is 32.3 Å². The maximum absolute atomic E-state index is 11.6. The number of hydrogen-bond acceptors (Lipinski definition) is 3. The summed E-state index contributed by atoms with van der Waals surface area (Å²) in [4.78, 5) is 11.6. The van der Waals surface area contributed by atoms with Crippen LogP contribution in [-0.2, 0) is 16.1 Å². The first-order valence-corrected chi connectivity index (χ1v) is 6.59. The van der Waals surface area contributed by atoms with E-state index in [4.69, 9.17) is 4.74 Å². The Morgan fingerprint density at radius 1 is 1.71 bits per heavy atom. The number of hydrogen-bond donors (Lipinski definition) is 1. The number of carbonyl (C=O) groups is 1. The highest BCUT2D eigenvalue weighted by Gasteiger charge is 2.15. The number of rotatable bonds is 5. The summed E-state index contributed by atoms with van der Waals surface area (Å²) in [7, 11) is 0. The van der Waals surface area contributed by atoms with Gasteiger partial charge in [0.25, 0.3) is 0 Å². The average Bonchev–Trinajstić information content (AvgIpc) is 2.95. The maximum atomic E-state index is 11.6. The molecule has 2 heterocycles. The van der Waals surface area contributed by atoms with E-state index in [0.717, 1.165) is 23.9 Å². The van der Waals surface area contributed by atoms with Crippen molar-refractivity contribution in [1.82, 2.24) is 15.1 Å². The van der Waals surface area contributed by atoms with Crippen molar-refractivity contribution >= 4 is 21.8 Å². The standard InChI is InChI=1S/C11H16BrN3O2/c12-9-6-14-15(8-9)4-3-11(16)13-7-10-2-1-5-17-10/h6,8,10H,1-5,7H2,(H,13,16). The van der Waals surface area contributed by atoms with Gasteiger partial charge in [0.15, 0.2) is 0 Å². The summed E-state index contributed by atoms with van der Waals surface area (Å²) in [6.45, 7) is 2.05. The van der Waals surface area contributed by atoms with Crippen LogP contribution in [0, 0.1) is 0 Å². The molecule has 6 heteroatoms. The van der Waals surface area contributed by atoms with Gasteiger partial charge in [-0.05, 0) is 28.8 Å². The lowest BCUT2D eigenvalue weighted by Crippen LogP contribution is -2.32. The molecular weight excluding hydrogens is 286 g/mol. The van der Waals surface area contributed by atoms with Gasteiger partial charge in [0.2, 0.25) is 5.91 Å². The minimum atomic E-state index is 0.0483. The maximum Gasteiger partial charge on any atom is 0.221 e. The Labute approximate surface area is 109 Å². The van der Waals surface area contributed by atoms with E-state index < -0.39 is 0 Å².